The van der Waals surface area contributed by atoms with Gasteiger partial charge >= 0.3 is 0 Å². The van der Waals surface area contributed by atoms with E-state index >= 15 is 0 Å². The molecule has 5 heteroatoms. The number of guanidine groups is 1. The van der Waals surface area contributed by atoms with Crippen molar-refractivity contribution in [1.29, 1.82) is 0 Å². The average molecular weight is 358 g/mol. The summed E-state index contributed by atoms with van der Waals surface area (Å²) in [5, 5.41) is 7.03. The van der Waals surface area contributed by atoms with E-state index in [1.807, 2.05) is 7.05 Å². The number of likely N-dealkylation sites (tertiary alicyclic amines) is 1. The van der Waals surface area contributed by atoms with Gasteiger partial charge in [0.05, 0.1) is 0 Å². The summed E-state index contributed by atoms with van der Waals surface area (Å²) < 4.78 is 0. The summed E-state index contributed by atoms with van der Waals surface area (Å²) in [5.74, 6) is 0.934. The summed E-state index contributed by atoms with van der Waals surface area (Å²) in [6.45, 7) is 8.67. The molecule has 0 spiro atoms. The summed E-state index contributed by atoms with van der Waals surface area (Å²) in [7, 11) is 1.87. The Morgan fingerprint density at radius 3 is 2.69 bits per heavy atom. The zero-order valence-electron chi connectivity index (χ0n) is 16.5. The lowest BCUT2D eigenvalue weighted by Gasteiger charge is -2.26. The van der Waals surface area contributed by atoms with Crippen molar-refractivity contribution in [2.75, 3.05) is 39.8 Å². The van der Waals surface area contributed by atoms with Crippen LogP contribution >= 0.6 is 0 Å². The molecule has 1 aliphatic carbocycles. The molecule has 1 saturated carbocycles. The van der Waals surface area contributed by atoms with Crippen LogP contribution in [-0.2, 0) is 6.54 Å². The first-order chi connectivity index (χ1) is 12.8. The molecule has 1 unspecified atom stereocenters. The monoisotopic (exact) mass is 357 g/mol. The molecule has 1 atom stereocenters. The molecule has 2 N–H and O–H groups in total. The van der Waals surface area contributed by atoms with Gasteiger partial charge in [-0.3, -0.25) is 14.8 Å². The van der Waals surface area contributed by atoms with Crippen LogP contribution in [0.3, 0.4) is 0 Å². The summed E-state index contributed by atoms with van der Waals surface area (Å²) in [4.78, 5) is 9.57. The van der Waals surface area contributed by atoms with E-state index in [0.29, 0.717) is 6.04 Å². The van der Waals surface area contributed by atoms with E-state index in [4.69, 9.17) is 0 Å². The predicted octanol–water partition coefficient (Wildman–Crippen LogP) is 2.30. The number of hydrogen-bond donors (Lipinski definition) is 2. The fourth-order valence-electron chi connectivity index (χ4n) is 3.94. The van der Waals surface area contributed by atoms with Gasteiger partial charge in [-0.1, -0.05) is 37.3 Å². The minimum absolute atomic E-state index is 0.590. The Bertz CT molecular complexity index is 555. The van der Waals surface area contributed by atoms with Gasteiger partial charge in [-0.15, -0.1) is 0 Å². The first-order valence-corrected chi connectivity index (χ1v) is 10.3. The van der Waals surface area contributed by atoms with E-state index in [1.165, 1.54) is 37.8 Å². The Labute approximate surface area is 158 Å². The first kappa shape index (κ1) is 19.2. The molecule has 2 fully saturated rings. The van der Waals surface area contributed by atoms with E-state index in [9.17, 15) is 0 Å². The SMILES string of the molecule is CCN(CCNC(=NC)NCC1CCCN1Cc1ccccc1)C1CC1. The maximum absolute atomic E-state index is 4.40. The Morgan fingerprint density at radius 1 is 1.19 bits per heavy atom. The molecule has 0 bridgehead atoms. The molecule has 26 heavy (non-hydrogen) atoms. The van der Waals surface area contributed by atoms with Crippen LogP contribution in [0.25, 0.3) is 0 Å². The van der Waals surface area contributed by atoms with Gasteiger partial charge in [0.2, 0.25) is 0 Å². The lowest BCUT2D eigenvalue weighted by molar-refractivity contribution is 0.245. The van der Waals surface area contributed by atoms with Gasteiger partial charge in [-0.25, -0.2) is 0 Å². The minimum Gasteiger partial charge on any atom is -0.355 e. The van der Waals surface area contributed by atoms with Gasteiger partial charge in [0, 0.05) is 45.3 Å². The van der Waals surface area contributed by atoms with Crippen molar-refractivity contribution < 1.29 is 0 Å². The van der Waals surface area contributed by atoms with Crippen LogP contribution < -0.4 is 10.6 Å². The number of benzene rings is 1. The van der Waals surface area contributed by atoms with Crippen molar-refractivity contribution in [3.05, 3.63) is 35.9 Å². The molecular weight excluding hydrogens is 322 g/mol. The second-order valence-electron chi connectivity index (χ2n) is 7.49. The summed E-state index contributed by atoms with van der Waals surface area (Å²) >= 11 is 0. The van der Waals surface area contributed by atoms with E-state index in [-0.39, 0.29) is 0 Å². The van der Waals surface area contributed by atoms with E-state index in [0.717, 1.165) is 44.7 Å². The maximum atomic E-state index is 4.40. The van der Waals surface area contributed by atoms with Crippen LogP contribution in [0.15, 0.2) is 35.3 Å². The molecule has 0 radical (unpaired) electrons. The van der Waals surface area contributed by atoms with Crippen molar-refractivity contribution in [1.82, 2.24) is 20.4 Å². The molecule has 1 saturated heterocycles. The molecule has 1 heterocycles. The van der Waals surface area contributed by atoms with Gasteiger partial charge < -0.3 is 10.6 Å². The number of hydrogen-bond acceptors (Lipinski definition) is 3. The van der Waals surface area contributed by atoms with Crippen molar-refractivity contribution in [2.24, 2.45) is 4.99 Å². The van der Waals surface area contributed by atoms with Crippen molar-refractivity contribution in [2.45, 2.75) is 51.2 Å². The normalized spacial score (nSPS) is 21.3. The van der Waals surface area contributed by atoms with Crippen molar-refractivity contribution in [3.63, 3.8) is 0 Å². The second kappa shape index (κ2) is 9.93. The molecule has 3 rings (SSSR count). The van der Waals surface area contributed by atoms with Crippen molar-refractivity contribution >= 4 is 5.96 Å². The third kappa shape index (κ3) is 5.71. The quantitative estimate of drug-likeness (QED) is 0.526. The van der Waals surface area contributed by atoms with E-state index in [1.54, 1.807) is 0 Å². The number of likely N-dealkylation sites (N-methyl/N-ethyl adjacent to an activating group) is 1. The Hall–Kier alpha value is -1.59. The highest BCUT2D eigenvalue weighted by atomic mass is 15.2. The van der Waals surface area contributed by atoms with Crippen molar-refractivity contribution in [3.8, 4) is 0 Å². The van der Waals surface area contributed by atoms with Gasteiger partial charge in [0.1, 0.15) is 0 Å². The maximum Gasteiger partial charge on any atom is 0.191 e. The lowest BCUT2D eigenvalue weighted by Crippen LogP contribution is -2.46. The van der Waals surface area contributed by atoms with Gasteiger partial charge in [-0.05, 0) is 44.3 Å². The smallest absolute Gasteiger partial charge is 0.191 e. The standard InChI is InChI=1S/C21H35N5/c1-3-25(19-11-12-19)15-13-23-21(22-2)24-16-20-10-7-14-26(20)17-18-8-5-4-6-9-18/h4-6,8-9,19-20H,3,7,10-17H2,1-2H3,(H2,22,23,24). The number of aliphatic imine (C=N–C) groups is 1. The van der Waals surface area contributed by atoms with Crippen LogP contribution in [0.1, 0.15) is 38.2 Å². The van der Waals surface area contributed by atoms with Crippen LogP contribution in [0.4, 0.5) is 0 Å². The summed E-state index contributed by atoms with van der Waals surface area (Å²) in [5.41, 5.74) is 1.40. The summed E-state index contributed by atoms with van der Waals surface area (Å²) in [6, 6.07) is 12.2. The third-order valence-corrected chi connectivity index (χ3v) is 5.62. The van der Waals surface area contributed by atoms with Crippen LogP contribution in [0.5, 0.6) is 0 Å². The van der Waals surface area contributed by atoms with Crippen LogP contribution in [-0.4, -0.2) is 67.6 Å². The largest absolute Gasteiger partial charge is 0.355 e. The highest BCUT2D eigenvalue weighted by molar-refractivity contribution is 5.79. The molecule has 5 nitrogen and oxygen atoms in total. The molecule has 1 aliphatic heterocycles. The fraction of sp³-hybridized carbons (Fsp3) is 0.667. The fourth-order valence-corrected chi connectivity index (χ4v) is 3.94. The van der Waals surface area contributed by atoms with Gasteiger partial charge in [-0.2, -0.15) is 0 Å². The molecule has 1 aromatic carbocycles. The van der Waals surface area contributed by atoms with Gasteiger partial charge in [0.25, 0.3) is 0 Å². The highest BCUT2D eigenvalue weighted by Crippen LogP contribution is 2.25. The zero-order valence-corrected chi connectivity index (χ0v) is 16.5. The first-order valence-electron chi connectivity index (χ1n) is 10.3. The predicted molar refractivity (Wildman–Crippen MR) is 110 cm³/mol. The average Bonchev–Trinajstić information content (AvgIpc) is 3.42. The second-order valence-corrected chi connectivity index (χ2v) is 7.49. The van der Waals surface area contributed by atoms with Crippen LogP contribution in [0.2, 0.25) is 0 Å². The molecular formula is C21H35N5. The number of nitrogens with zero attached hydrogens (tertiary/aromatic N) is 3. The molecule has 1 aromatic rings. The minimum atomic E-state index is 0.590. The molecule has 2 aliphatic rings. The third-order valence-electron chi connectivity index (χ3n) is 5.62. The Kier molecular flexibility index (Phi) is 7.32. The summed E-state index contributed by atoms with van der Waals surface area (Å²) in [6.07, 6.45) is 5.31. The highest BCUT2D eigenvalue weighted by Gasteiger charge is 2.27. The molecule has 0 aromatic heterocycles. The lowest BCUT2D eigenvalue weighted by atomic mass is 10.2. The van der Waals surface area contributed by atoms with Gasteiger partial charge in [0.15, 0.2) is 5.96 Å². The zero-order chi connectivity index (χ0) is 18.2. The number of rotatable bonds is 9. The number of nitrogens with one attached hydrogen (secondary N) is 2. The topological polar surface area (TPSA) is 42.9 Å². The Balaban J connectivity index is 1.39. The van der Waals surface area contributed by atoms with Crippen LogP contribution in [0, 0.1) is 0 Å². The van der Waals surface area contributed by atoms with E-state index < -0.39 is 0 Å². The van der Waals surface area contributed by atoms with E-state index in [2.05, 4.69) is 62.7 Å². The molecule has 144 valence electrons. The Morgan fingerprint density at radius 2 is 2.00 bits per heavy atom. The molecule has 0 amide bonds.